The molecule has 0 unspecified atom stereocenters. The number of aryl methyl sites for hydroxylation is 1. The third kappa shape index (κ3) is 6.55. The maximum atomic E-state index is 12.5. The van der Waals surface area contributed by atoms with Gasteiger partial charge in [-0.25, -0.2) is 9.78 Å². The minimum atomic E-state index is -0.638. The number of amides is 2. The number of ether oxygens (including phenoxy) is 2. The van der Waals surface area contributed by atoms with Crippen molar-refractivity contribution in [2.24, 2.45) is 0 Å². The van der Waals surface area contributed by atoms with Crippen LogP contribution in [0.4, 0.5) is 5.69 Å². The molecule has 4 rings (SSSR count). The maximum Gasteiger partial charge on any atom is 0.350 e. The predicted octanol–water partition coefficient (Wildman–Crippen LogP) is 4.37. The van der Waals surface area contributed by atoms with Gasteiger partial charge in [-0.3, -0.25) is 9.59 Å². The number of thiazole rings is 1. The molecule has 1 aliphatic carbocycles. The molecule has 34 heavy (non-hydrogen) atoms. The SMILES string of the molecule is Cc1nc(COc2ccc(Cl)cc2)sc1C(=O)OCC(=O)Nc1cccc(C(=O)NC2CC2)c1. The number of rotatable bonds is 9. The van der Waals surface area contributed by atoms with Crippen molar-refractivity contribution in [3.63, 3.8) is 0 Å². The summed E-state index contributed by atoms with van der Waals surface area (Å²) in [4.78, 5) is 41.5. The highest BCUT2D eigenvalue weighted by atomic mass is 35.5. The average molecular weight is 500 g/mol. The number of hydrogen-bond acceptors (Lipinski definition) is 7. The highest BCUT2D eigenvalue weighted by Crippen LogP contribution is 2.23. The lowest BCUT2D eigenvalue weighted by Crippen LogP contribution is -2.25. The molecular formula is C24H22ClN3O5S. The molecule has 2 N–H and O–H groups in total. The van der Waals surface area contributed by atoms with Crippen LogP contribution in [-0.4, -0.2) is 35.4 Å². The fraction of sp³-hybridized carbons (Fsp3) is 0.250. The molecule has 0 spiro atoms. The van der Waals surface area contributed by atoms with Gasteiger partial charge in [0, 0.05) is 22.3 Å². The van der Waals surface area contributed by atoms with Crippen molar-refractivity contribution in [1.82, 2.24) is 10.3 Å². The Kier molecular flexibility index (Phi) is 7.44. The lowest BCUT2D eigenvalue weighted by atomic mass is 10.2. The highest BCUT2D eigenvalue weighted by molar-refractivity contribution is 7.13. The summed E-state index contributed by atoms with van der Waals surface area (Å²) in [7, 11) is 0. The minimum Gasteiger partial charge on any atom is -0.486 e. The first kappa shape index (κ1) is 23.7. The molecular weight excluding hydrogens is 478 g/mol. The van der Waals surface area contributed by atoms with E-state index in [4.69, 9.17) is 21.1 Å². The van der Waals surface area contributed by atoms with Crippen LogP contribution in [0.3, 0.4) is 0 Å². The van der Waals surface area contributed by atoms with Gasteiger partial charge in [-0.15, -0.1) is 11.3 Å². The predicted molar refractivity (Wildman–Crippen MR) is 128 cm³/mol. The van der Waals surface area contributed by atoms with Crippen LogP contribution in [0.1, 0.15) is 43.6 Å². The molecule has 0 saturated heterocycles. The van der Waals surface area contributed by atoms with Crippen LogP contribution in [0, 0.1) is 6.92 Å². The standard InChI is InChI=1S/C24H22ClN3O5S/c1-14-22(34-21(26-14)13-32-19-9-5-16(25)6-10-19)24(31)33-12-20(29)27-18-4-2-3-15(11-18)23(30)28-17-7-8-17/h2-6,9-11,17H,7-8,12-13H2,1H3,(H,27,29)(H,28,30). The van der Waals surface area contributed by atoms with E-state index in [1.54, 1.807) is 55.5 Å². The quantitative estimate of drug-likeness (QED) is 0.423. The van der Waals surface area contributed by atoms with Crippen LogP contribution in [0.25, 0.3) is 0 Å². The summed E-state index contributed by atoms with van der Waals surface area (Å²) < 4.78 is 10.8. The second kappa shape index (κ2) is 10.7. The van der Waals surface area contributed by atoms with Gasteiger partial charge in [0.05, 0.1) is 5.69 Å². The highest BCUT2D eigenvalue weighted by Gasteiger charge is 2.24. The fourth-order valence-electron chi connectivity index (χ4n) is 3.01. The number of esters is 1. The summed E-state index contributed by atoms with van der Waals surface area (Å²) in [6, 6.07) is 13.8. The number of halogens is 1. The summed E-state index contributed by atoms with van der Waals surface area (Å²) in [6.07, 6.45) is 1.98. The molecule has 1 aromatic heterocycles. The molecule has 2 amide bonds. The van der Waals surface area contributed by atoms with Crippen molar-refractivity contribution >= 4 is 46.4 Å². The Bertz CT molecular complexity index is 1210. The van der Waals surface area contributed by atoms with Crippen molar-refractivity contribution in [2.45, 2.75) is 32.4 Å². The normalized spacial score (nSPS) is 12.6. The second-order valence-corrected chi connectivity index (χ2v) is 9.24. The number of anilines is 1. The van der Waals surface area contributed by atoms with E-state index in [0.717, 1.165) is 24.2 Å². The van der Waals surface area contributed by atoms with Crippen molar-refractivity contribution in [3.8, 4) is 5.75 Å². The smallest absolute Gasteiger partial charge is 0.350 e. The van der Waals surface area contributed by atoms with Gasteiger partial charge in [0.25, 0.3) is 11.8 Å². The van der Waals surface area contributed by atoms with E-state index >= 15 is 0 Å². The van der Waals surface area contributed by atoms with E-state index in [0.29, 0.717) is 37.6 Å². The summed E-state index contributed by atoms with van der Waals surface area (Å²) in [5.41, 5.74) is 1.40. The number of nitrogens with one attached hydrogen (secondary N) is 2. The Morgan fingerprint density at radius 1 is 1.15 bits per heavy atom. The number of carbonyl (C=O) groups excluding carboxylic acids is 3. The Morgan fingerprint density at radius 3 is 2.65 bits per heavy atom. The van der Waals surface area contributed by atoms with E-state index in [2.05, 4.69) is 15.6 Å². The van der Waals surface area contributed by atoms with Gasteiger partial charge in [0.2, 0.25) is 0 Å². The Hall–Kier alpha value is -3.43. The van der Waals surface area contributed by atoms with Gasteiger partial charge in [-0.1, -0.05) is 17.7 Å². The zero-order chi connectivity index (χ0) is 24.1. The molecule has 176 valence electrons. The van der Waals surface area contributed by atoms with Crippen molar-refractivity contribution < 1.29 is 23.9 Å². The fourth-order valence-corrected chi connectivity index (χ4v) is 4.01. The first-order chi connectivity index (χ1) is 16.4. The van der Waals surface area contributed by atoms with E-state index in [-0.39, 0.29) is 18.6 Å². The number of benzene rings is 2. The van der Waals surface area contributed by atoms with Crippen molar-refractivity contribution in [2.75, 3.05) is 11.9 Å². The van der Waals surface area contributed by atoms with E-state index in [9.17, 15) is 14.4 Å². The molecule has 0 aliphatic heterocycles. The van der Waals surface area contributed by atoms with E-state index < -0.39 is 18.5 Å². The Balaban J connectivity index is 1.27. The first-order valence-corrected chi connectivity index (χ1v) is 11.8. The van der Waals surface area contributed by atoms with Crippen LogP contribution in [-0.2, 0) is 16.1 Å². The third-order valence-electron chi connectivity index (χ3n) is 4.86. The topological polar surface area (TPSA) is 107 Å². The zero-order valence-electron chi connectivity index (χ0n) is 18.3. The molecule has 0 atom stereocenters. The number of aromatic nitrogens is 1. The molecule has 3 aromatic rings. The van der Waals surface area contributed by atoms with Crippen LogP contribution in [0.2, 0.25) is 5.02 Å². The Labute approximate surface area is 205 Å². The molecule has 2 aromatic carbocycles. The monoisotopic (exact) mass is 499 g/mol. The van der Waals surface area contributed by atoms with Gasteiger partial charge in [0.1, 0.15) is 22.2 Å². The molecule has 0 radical (unpaired) electrons. The maximum absolute atomic E-state index is 12.5. The van der Waals surface area contributed by atoms with Crippen molar-refractivity contribution in [1.29, 1.82) is 0 Å². The van der Waals surface area contributed by atoms with Gasteiger partial charge in [-0.05, 0) is 62.2 Å². The lowest BCUT2D eigenvalue weighted by molar-refractivity contribution is -0.119. The summed E-state index contributed by atoms with van der Waals surface area (Å²) in [5, 5.41) is 6.75. The number of carbonyl (C=O) groups is 3. The summed E-state index contributed by atoms with van der Waals surface area (Å²) in [6.45, 7) is 1.41. The zero-order valence-corrected chi connectivity index (χ0v) is 19.9. The molecule has 0 bridgehead atoms. The first-order valence-electron chi connectivity index (χ1n) is 10.6. The van der Waals surface area contributed by atoms with Crippen LogP contribution >= 0.6 is 22.9 Å². The third-order valence-corrected chi connectivity index (χ3v) is 6.22. The molecule has 1 heterocycles. The molecule has 10 heteroatoms. The summed E-state index contributed by atoms with van der Waals surface area (Å²) >= 11 is 7.01. The van der Waals surface area contributed by atoms with E-state index in [1.165, 1.54) is 0 Å². The van der Waals surface area contributed by atoms with Crippen LogP contribution in [0.15, 0.2) is 48.5 Å². The van der Waals surface area contributed by atoms with Crippen LogP contribution in [0.5, 0.6) is 5.75 Å². The van der Waals surface area contributed by atoms with Gasteiger partial charge in [-0.2, -0.15) is 0 Å². The molecule has 8 nitrogen and oxygen atoms in total. The lowest BCUT2D eigenvalue weighted by Gasteiger charge is -2.08. The molecule has 1 fully saturated rings. The average Bonchev–Trinajstić information content (AvgIpc) is 3.56. The van der Waals surface area contributed by atoms with Gasteiger partial charge in [0.15, 0.2) is 6.61 Å². The van der Waals surface area contributed by atoms with Crippen molar-refractivity contribution in [3.05, 3.63) is 74.7 Å². The number of nitrogens with zero attached hydrogens (tertiary/aromatic N) is 1. The van der Waals surface area contributed by atoms with Crippen LogP contribution < -0.4 is 15.4 Å². The Morgan fingerprint density at radius 2 is 1.91 bits per heavy atom. The minimum absolute atomic E-state index is 0.179. The summed E-state index contributed by atoms with van der Waals surface area (Å²) in [5.74, 6) is -0.698. The largest absolute Gasteiger partial charge is 0.486 e. The molecule has 1 saturated carbocycles. The second-order valence-electron chi connectivity index (χ2n) is 7.72. The van der Waals surface area contributed by atoms with E-state index in [1.807, 2.05) is 0 Å². The van der Waals surface area contributed by atoms with Gasteiger partial charge >= 0.3 is 5.97 Å². The molecule has 1 aliphatic rings. The number of hydrogen-bond donors (Lipinski definition) is 2. The van der Waals surface area contributed by atoms with Gasteiger partial charge < -0.3 is 20.1 Å².